The Kier molecular flexibility index (Phi) is 5.53. The number of carbonyl (C=O) groups excluding carboxylic acids is 1. The van der Waals surface area contributed by atoms with Crippen molar-refractivity contribution in [1.82, 2.24) is 10.6 Å². The van der Waals surface area contributed by atoms with E-state index in [1.807, 2.05) is 68.4 Å². The monoisotopic (exact) mass is 351 g/mol. The second-order valence-corrected chi connectivity index (χ2v) is 6.67. The van der Waals surface area contributed by atoms with Gasteiger partial charge in [-0.05, 0) is 43.5 Å². The van der Waals surface area contributed by atoms with Gasteiger partial charge in [0.2, 0.25) is 5.91 Å². The third kappa shape index (κ3) is 4.61. The lowest BCUT2D eigenvalue weighted by molar-refractivity contribution is -0.129. The predicted octanol–water partition coefficient (Wildman–Crippen LogP) is 1.97. The van der Waals surface area contributed by atoms with Crippen LogP contribution < -0.4 is 21.7 Å². The normalized spacial score (nSPS) is 23.4. The standard InChI is InChI=1S/C20H25N5O/c1-13-7-6-10-16(11-13)23-19(21)25-20-22-14(2)17(18(26)24-20)12-15-8-4-3-5-9-15/h3-11,14,17,20,22H,12H2,1-2H3,(H,24,26)(H3,21,23,25). The first-order valence-electron chi connectivity index (χ1n) is 8.78. The average Bonchev–Trinajstić information content (AvgIpc) is 2.59. The molecule has 5 N–H and O–H groups in total. The first-order chi connectivity index (χ1) is 12.5. The Labute approximate surface area is 153 Å². The van der Waals surface area contributed by atoms with Crippen molar-refractivity contribution in [3.63, 3.8) is 0 Å². The summed E-state index contributed by atoms with van der Waals surface area (Å²) in [5, 5.41) is 9.24. The van der Waals surface area contributed by atoms with Crippen molar-refractivity contribution in [1.29, 1.82) is 0 Å². The number of rotatable bonds is 4. The average molecular weight is 351 g/mol. The fourth-order valence-electron chi connectivity index (χ4n) is 3.12. The van der Waals surface area contributed by atoms with Gasteiger partial charge < -0.3 is 16.4 Å². The molecule has 0 saturated carbocycles. The molecular formula is C20H25N5O. The van der Waals surface area contributed by atoms with Crippen molar-refractivity contribution in [2.75, 3.05) is 5.32 Å². The van der Waals surface area contributed by atoms with E-state index < -0.39 is 6.29 Å². The number of anilines is 1. The van der Waals surface area contributed by atoms with E-state index in [1.54, 1.807) is 0 Å². The van der Waals surface area contributed by atoms with E-state index in [-0.39, 0.29) is 23.8 Å². The first-order valence-corrected chi connectivity index (χ1v) is 8.78. The lowest BCUT2D eigenvalue weighted by Gasteiger charge is -2.34. The molecular weight excluding hydrogens is 326 g/mol. The molecule has 2 aromatic rings. The van der Waals surface area contributed by atoms with E-state index in [4.69, 9.17) is 5.73 Å². The van der Waals surface area contributed by atoms with Crippen LogP contribution in [0.1, 0.15) is 18.1 Å². The molecule has 2 aromatic carbocycles. The van der Waals surface area contributed by atoms with Gasteiger partial charge >= 0.3 is 0 Å². The Hall–Kier alpha value is -2.86. The number of guanidine groups is 1. The van der Waals surface area contributed by atoms with Crippen molar-refractivity contribution in [3.8, 4) is 0 Å². The van der Waals surface area contributed by atoms with Gasteiger partial charge in [0.15, 0.2) is 12.2 Å². The molecule has 3 atom stereocenters. The van der Waals surface area contributed by atoms with Gasteiger partial charge in [-0.1, -0.05) is 42.5 Å². The quantitative estimate of drug-likeness (QED) is 0.501. The zero-order valence-electron chi connectivity index (χ0n) is 15.1. The predicted molar refractivity (Wildman–Crippen MR) is 105 cm³/mol. The molecule has 0 bridgehead atoms. The van der Waals surface area contributed by atoms with E-state index in [9.17, 15) is 4.79 Å². The highest BCUT2D eigenvalue weighted by molar-refractivity contribution is 5.92. The van der Waals surface area contributed by atoms with Crippen molar-refractivity contribution >= 4 is 17.6 Å². The van der Waals surface area contributed by atoms with Crippen LogP contribution in [0.5, 0.6) is 0 Å². The van der Waals surface area contributed by atoms with Crippen LogP contribution >= 0.6 is 0 Å². The number of benzene rings is 2. The Morgan fingerprint density at radius 3 is 2.65 bits per heavy atom. The second kappa shape index (κ2) is 8.01. The van der Waals surface area contributed by atoms with Gasteiger partial charge in [-0.25, -0.2) is 4.99 Å². The minimum atomic E-state index is -0.540. The van der Waals surface area contributed by atoms with Gasteiger partial charge in [-0.3, -0.25) is 10.1 Å². The third-order valence-corrected chi connectivity index (χ3v) is 4.50. The molecule has 6 heteroatoms. The molecule has 1 amide bonds. The zero-order chi connectivity index (χ0) is 18.5. The van der Waals surface area contributed by atoms with E-state index in [2.05, 4.69) is 20.9 Å². The van der Waals surface area contributed by atoms with Crippen LogP contribution in [-0.4, -0.2) is 24.2 Å². The van der Waals surface area contributed by atoms with Gasteiger partial charge in [-0.15, -0.1) is 0 Å². The molecule has 26 heavy (non-hydrogen) atoms. The van der Waals surface area contributed by atoms with Crippen LogP contribution in [0.2, 0.25) is 0 Å². The van der Waals surface area contributed by atoms with Gasteiger partial charge in [0.05, 0.1) is 5.92 Å². The third-order valence-electron chi connectivity index (χ3n) is 4.50. The summed E-state index contributed by atoms with van der Waals surface area (Å²) < 4.78 is 0. The van der Waals surface area contributed by atoms with E-state index in [0.717, 1.165) is 16.8 Å². The highest BCUT2D eigenvalue weighted by Gasteiger charge is 2.33. The summed E-state index contributed by atoms with van der Waals surface area (Å²) in [7, 11) is 0. The van der Waals surface area contributed by atoms with Gasteiger partial charge in [-0.2, -0.15) is 0 Å². The summed E-state index contributed by atoms with van der Waals surface area (Å²) >= 11 is 0. The van der Waals surface area contributed by atoms with Gasteiger partial charge in [0.1, 0.15) is 0 Å². The number of aryl methyl sites for hydroxylation is 1. The molecule has 6 nitrogen and oxygen atoms in total. The lowest BCUT2D eigenvalue weighted by Crippen LogP contribution is -2.60. The van der Waals surface area contributed by atoms with Crippen LogP contribution in [0.25, 0.3) is 0 Å². The molecule has 136 valence electrons. The van der Waals surface area contributed by atoms with Crippen molar-refractivity contribution in [2.24, 2.45) is 16.6 Å². The van der Waals surface area contributed by atoms with E-state index in [0.29, 0.717) is 6.42 Å². The van der Waals surface area contributed by atoms with Crippen LogP contribution in [0, 0.1) is 12.8 Å². The largest absolute Gasteiger partial charge is 0.370 e. The second-order valence-electron chi connectivity index (χ2n) is 6.67. The number of aliphatic imine (C=N–C) groups is 1. The molecule has 3 rings (SSSR count). The van der Waals surface area contributed by atoms with Gasteiger partial charge in [0, 0.05) is 11.7 Å². The van der Waals surface area contributed by atoms with Gasteiger partial charge in [0.25, 0.3) is 0 Å². The maximum Gasteiger partial charge on any atom is 0.227 e. The number of hydrogen-bond acceptors (Lipinski definition) is 3. The fourth-order valence-corrected chi connectivity index (χ4v) is 3.12. The number of nitrogens with zero attached hydrogens (tertiary/aromatic N) is 1. The molecule has 0 spiro atoms. The van der Waals surface area contributed by atoms with Crippen molar-refractivity contribution in [2.45, 2.75) is 32.6 Å². The summed E-state index contributed by atoms with van der Waals surface area (Å²) in [6.45, 7) is 4.01. The molecule has 1 aliphatic heterocycles. The number of nitrogens with two attached hydrogens (primary N) is 1. The highest BCUT2D eigenvalue weighted by atomic mass is 16.2. The Morgan fingerprint density at radius 1 is 1.19 bits per heavy atom. The molecule has 3 unspecified atom stereocenters. The molecule has 1 aliphatic rings. The summed E-state index contributed by atoms with van der Waals surface area (Å²) in [4.78, 5) is 16.9. The van der Waals surface area contributed by atoms with Crippen LogP contribution in [-0.2, 0) is 11.2 Å². The fraction of sp³-hybridized carbons (Fsp3) is 0.300. The molecule has 0 aromatic heterocycles. The van der Waals surface area contributed by atoms with E-state index in [1.165, 1.54) is 0 Å². The Balaban J connectivity index is 1.62. The van der Waals surface area contributed by atoms with Crippen LogP contribution in [0.15, 0.2) is 59.6 Å². The Morgan fingerprint density at radius 2 is 1.96 bits per heavy atom. The summed E-state index contributed by atoms with van der Waals surface area (Å²) in [6, 6.07) is 17.9. The maximum atomic E-state index is 12.5. The highest BCUT2D eigenvalue weighted by Crippen LogP contribution is 2.17. The summed E-state index contributed by atoms with van der Waals surface area (Å²) in [6.07, 6.45) is 0.149. The number of carbonyl (C=O) groups is 1. The van der Waals surface area contributed by atoms with E-state index >= 15 is 0 Å². The lowest BCUT2D eigenvalue weighted by atomic mass is 9.91. The van der Waals surface area contributed by atoms with Crippen molar-refractivity contribution < 1.29 is 4.79 Å². The smallest absolute Gasteiger partial charge is 0.227 e. The summed E-state index contributed by atoms with van der Waals surface area (Å²) in [5.41, 5.74) is 9.12. The number of hydrogen-bond donors (Lipinski definition) is 4. The van der Waals surface area contributed by atoms with Crippen molar-refractivity contribution in [3.05, 3.63) is 65.7 Å². The Bertz CT molecular complexity index is 790. The first kappa shape index (κ1) is 17.9. The zero-order valence-corrected chi connectivity index (χ0v) is 15.1. The maximum absolute atomic E-state index is 12.5. The molecule has 0 aliphatic carbocycles. The minimum Gasteiger partial charge on any atom is -0.370 e. The molecule has 1 fully saturated rings. The topological polar surface area (TPSA) is 91.5 Å². The molecule has 1 saturated heterocycles. The van der Waals surface area contributed by atoms with Crippen LogP contribution in [0.4, 0.5) is 5.69 Å². The molecule has 0 radical (unpaired) electrons. The SMILES string of the molecule is Cc1cccc(N/C(N)=N/C2NC(=O)C(Cc3ccccc3)C(C)N2)c1. The van der Waals surface area contributed by atoms with Crippen LogP contribution in [0.3, 0.4) is 0 Å². The number of nitrogens with one attached hydrogen (secondary N) is 3. The number of amides is 1. The molecule has 1 heterocycles. The summed E-state index contributed by atoms with van der Waals surface area (Å²) in [5.74, 6) is 0.0918. The minimum absolute atomic E-state index is 0.00974.